The van der Waals surface area contributed by atoms with Gasteiger partial charge in [0.2, 0.25) is 0 Å². The van der Waals surface area contributed by atoms with Crippen LogP contribution in [0.25, 0.3) is 12.2 Å². The second kappa shape index (κ2) is 6.69. The molecule has 1 aliphatic rings. The van der Waals surface area contributed by atoms with E-state index in [1.807, 2.05) is 36.4 Å². The summed E-state index contributed by atoms with van der Waals surface area (Å²) in [4.78, 5) is 30.4. The lowest BCUT2D eigenvalue weighted by molar-refractivity contribution is 0.0926. The molecule has 0 N–H and O–H groups in total. The molecule has 0 unspecified atom stereocenters. The summed E-state index contributed by atoms with van der Waals surface area (Å²) < 4.78 is 0.774. The number of rotatable bonds is 3. The number of imide groups is 1. The van der Waals surface area contributed by atoms with Crippen LogP contribution in [0.3, 0.4) is 0 Å². The SMILES string of the molecule is O=C1c2ccc(Br)cc2C(=O)N1c1ccc(/C=C/c2ccncc2)cc1. The molecule has 1 aromatic heterocycles. The van der Waals surface area contributed by atoms with Gasteiger partial charge in [0, 0.05) is 16.9 Å². The van der Waals surface area contributed by atoms with Crippen LogP contribution in [0.4, 0.5) is 5.69 Å². The maximum absolute atomic E-state index is 12.6. The van der Waals surface area contributed by atoms with E-state index in [-0.39, 0.29) is 11.8 Å². The summed E-state index contributed by atoms with van der Waals surface area (Å²) in [6, 6.07) is 16.3. The number of anilines is 1. The van der Waals surface area contributed by atoms with Gasteiger partial charge in [-0.05, 0) is 53.6 Å². The van der Waals surface area contributed by atoms with Crippen LogP contribution in [0.5, 0.6) is 0 Å². The van der Waals surface area contributed by atoms with Gasteiger partial charge in [0.25, 0.3) is 11.8 Å². The number of benzene rings is 2. The highest BCUT2D eigenvalue weighted by Crippen LogP contribution is 2.30. The van der Waals surface area contributed by atoms with Crippen LogP contribution >= 0.6 is 15.9 Å². The van der Waals surface area contributed by atoms with Crippen LogP contribution in [-0.4, -0.2) is 16.8 Å². The number of hydrogen-bond acceptors (Lipinski definition) is 3. The molecule has 0 bridgehead atoms. The van der Waals surface area contributed by atoms with E-state index < -0.39 is 0 Å². The van der Waals surface area contributed by atoms with Crippen molar-refractivity contribution in [2.45, 2.75) is 0 Å². The van der Waals surface area contributed by atoms with Crippen molar-refractivity contribution in [3.63, 3.8) is 0 Å². The number of fused-ring (bicyclic) bond motifs is 1. The second-order valence-electron chi connectivity index (χ2n) is 5.84. The first kappa shape index (κ1) is 16.4. The standard InChI is InChI=1S/C21H13BrN2O2/c22-16-5-8-18-19(13-16)21(26)24(20(18)25)17-6-3-14(4-7-17)1-2-15-9-11-23-12-10-15/h1-13H/b2-1+. The van der Waals surface area contributed by atoms with Crippen molar-refractivity contribution in [1.29, 1.82) is 0 Å². The maximum Gasteiger partial charge on any atom is 0.266 e. The Morgan fingerprint density at radius 1 is 0.769 bits per heavy atom. The fourth-order valence-electron chi connectivity index (χ4n) is 2.85. The number of carbonyl (C=O) groups is 2. The molecule has 2 heterocycles. The van der Waals surface area contributed by atoms with Gasteiger partial charge in [0.15, 0.2) is 0 Å². The van der Waals surface area contributed by atoms with Crippen molar-refractivity contribution >= 4 is 45.6 Å². The summed E-state index contributed by atoms with van der Waals surface area (Å²) in [7, 11) is 0. The van der Waals surface area contributed by atoms with Crippen LogP contribution in [0.15, 0.2) is 71.5 Å². The van der Waals surface area contributed by atoms with Gasteiger partial charge in [0.1, 0.15) is 0 Å². The summed E-state index contributed by atoms with van der Waals surface area (Å²) in [5.74, 6) is -0.594. The molecule has 0 atom stereocenters. The van der Waals surface area contributed by atoms with Crippen LogP contribution in [0.2, 0.25) is 0 Å². The molecule has 26 heavy (non-hydrogen) atoms. The largest absolute Gasteiger partial charge is 0.268 e. The highest BCUT2D eigenvalue weighted by atomic mass is 79.9. The minimum atomic E-state index is -0.300. The summed E-state index contributed by atoms with van der Waals surface area (Å²) in [6.45, 7) is 0. The van der Waals surface area contributed by atoms with E-state index in [4.69, 9.17) is 0 Å². The summed E-state index contributed by atoms with van der Waals surface area (Å²) in [5, 5.41) is 0. The van der Waals surface area contributed by atoms with E-state index in [9.17, 15) is 9.59 Å². The molecule has 0 spiro atoms. The van der Waals surface area contributed by atoms with Gasteiger partial charge < -0.3 is 0 Å². The molecule has 3 aromatic rings. The monoisotopic (exact) mass is 404 g/mol. The zero-order valence-corrected chi connectivity index (χ0v) is 15.2. The third-order valence-electron chi connectivity index (χ3n) is 4.17. The van der Waals surface area contributed by atoms with Crippen LogP contribution in [-0.2, 0) is 0 Å². The number of halogens is 1. The van der Waals surface area contributed by atoms with E-state index in [0.29, 0.717) is 16.8 Å². The Hall–Kier alpha value is -3.05. The Labute approximate surface area is 158 Å². The molecule has 2 aromatic carbocycles. The Morgan fingerprint density at radius 3 is 2.08 bits per heavy atom. The molecule has 0 aliphatic carbocycles. The highest BCUT2D eigenvalue weighted by molar-refractivity contribution is 9.10. The van der Waals surface area contributed by atoms with Crippen molar-refractivity contribution in [1.82, 2.24) is 4.98 Å². The van der Waals surface area contributed by atoms with Crippen molar-refractivity contribution < 1.29 is 9.59 Å². The number of aromatic nitrogens is 1. The van der Waals surface area contributed by atoms with Gasteiger partial charge in [-0.3, -0.25) is 14.6 Å². The third kappa shape index (κ3) is 2.97. The smallest absolute Gasteiger partial charge is 0.266 e. The summed E-state index contributed by atoms with van der Waals surface area (Å²) >= 11 is 3.34. The predicted molar refractivity (Wildman–Crippen MR) is 105 cm³/mol. The molecular weight excluding hydrogens is 392 g/mol. The lowest BCUT2D eigenvalue weighted by Gasteiger charge is -2.13. The first-order chi connectivity index (χ1) is 12.6. The Bertz CT molecular complexity index is 1030. The number of amides is 2. The minimum Gasteiger partial charge on any atom is -0.268 e. The molecule has 0 saturated heterocycles. The minimum absolute atomic E-state index is 0.294. The Morgan fingerprint density at radius 2 is 1.38 bits per heavy atom. The highest BCUT2D eigenvalue weighted by Gasteiger charge is 2.36. The normalized spacial score (nSPS) is 13.5. The van der Waals surface area contributed by atoms with Gasteiger partial charge >= 0.3 is 0 Å². The van der Waals surface area contributed by atoms with Gasteiger partial charge in [-0.15, -0.1) is 0 Å². The van der Waals surface area contributed by atoms with Crippen molar-refractivity contribution in [2.75, 3.05) is 4.90 Å². The van der Waals surface area contributed by atoms with E-state index in [2.05, 4.69) is 20.9 Å². The van der Waals surface area contributed by atoms with E-state index in [1.165, 1.54) is 4.90 Å². The zero-order valence-electron chi connectivity index (χ0n) is 13.6. The van der Waals surface area contributed by atoms with Gasteiger partial charge in [-0.25, -0.2) is 4.90 Å². The average molecular weight is 405 g/mol. The van der Waals surface area contributed by atoms with Crippen molar-refractivity contribution in [3.05, 3.63) is 93.7 Å². The predicted octanol–water partition coefficient (Wildman–Crippen LogP) is 4.82. The summed E-state index contributed by atoms with van der Waals surface area (Å²) in [5.41, 5.74) is 3.44. The molecular formula is C21H13BrN2O2. The number of nitrogens with zero attached hydrogens (tertiary/aromatic N) is 2. The van der Waals surface area contributed by atoms with E-state index in [1.54, 1.807) is 42.7 Å². The van der Waals surface area contributed by atoms with Crippen LogP contribution < -0.4 is 4.90 Å². The molecule has 0 saturated carbocycles. The Kier molecular flexibility index (Phi) is 4.22. The molecule has 1 aliphatic heterocycles. The first-order valence-electron chi connectivity index (χ1n) is 8.00. The molecule has 5 heteroatoms. The van der Waals surface area contributed by atoms with Crippen LogP contribution in [0, 0.1) is 0 Å². The fourth-order valence-corrected chi connectivity index (χ4v) is 3.21. The summed E-state index contributed by atoms with van der Waals surface area (Å²) in [6.07, 6.45) is 7.43. The number of carbonyl (C=O) groups excluding carboxylic acids is 2. The molecule has 4 nitrogen and oxygen atoms in total. The van der Waals surface area contributed by atoms with E-state index >= 15 is 0 Å². The molecule has 0 radical (unpaired) electrons. The topological polar surface area (TPSA) is 50.3 Å². The lowest BCUT2D eigenvalue weighted by atomic mass is 10.1. The second-order valence-corrected chi connectivity index (χ2v) is 6.76. The van der Waals surface area contributed by atoms with Gasteiger partial charge in [-0.2, -0.15) is 0 Å². The lowest BCUT2D eigenvalue weighted by Crippen LogP contribution is -2.29. The molecule has 2 amide bonds. The van der Waals surface area contributed by atoms with Crippen molar-refractivity contribution in [3.8, 4) is 0 Å². The molecule has 4 rings (SSSR count). The number of hydrogen-bond donors (Lipinski definition) is 0. The maximum atomic E-state index is 12.6. The third-order valence-corrected chi connectivity index (χ3v) is 4.67. The quantitative estimate of drug-likeness (QED) is 0.588. The fraction of sp³-hybridized carbons (Fsp3) is 0. The van der Waals surface area contributed by atoms with Gasteiger partial charge in [0.05, 0.1) is 16.8 Å². The zero-order chi connectivity index (χ0) is 18.1. The van der Waals surface area contributed by atoms with Gasteiger partial charge in [-0.1, -0.05) is 40.2 Å². The van der Waals surface area contributed by atoms with E-state index in [0.717, 1.165) is 15.6 Å². The molecule has 126 valence electrons. The molecule has 0 fully saturated rings. The number of pyridine rings is 1. The Balaban J connectivity index is 1.59. The first-order valence-corrected chi connectivity index (χ1v) is 8.79. The average Bonchev–Trinajstić information content (AvgIpc) is 2.91. The van der Waals surface area contributed by atoms with Crippen molar-refractivity contribution in [2.24, 2.45) is 0 Å². The van der Waals surface area contributed by atoms with Crippen LogP contribution in [0.1, 0.15) is 31.8 Å².